The fraction of sp³-hybridized carbons (Fsp3) is 0.125. The number of nitrogens with one attached hydrogen (secondary N) is 1. The molecule has 0 spiro atoms. The highest BCUT2D eigenvalue weighted by atomic mass is 35.5. The van der Waals surface area contributed by atoms with E-state index in [1.54, 1.807) is 18.2 Å². The van der Waals surface area contributed by atoms with Crippen LogP contribution in [0.3, 0.4) is 0 Å². The molecule has 0 aliphatic heterocycles. The van der Waals surface area contributed by atoms with E-state index in [0.717, 1.165) is 17.7 Å². The van der Waals surface area contributed by atoms with E-state index in [1.807, 2.05) is 13.0 Å². The van der Waals surface area contributed by atoms with Crippen molar-refractivity contribution in [1.82, 2.24) is 0 Å². The first-order valence-corrected chi connectivity index (χ1v) is 7.30. The fourth-order valence-corrected chi connectivity index (χ4v) is 2.27. The molecule has 0 aliphatic rings. The summed E-state index contributed by atoms with van der Waals surface area (Å²) in [6, 6.07) is 9.11. The number of rotatable bonds is 4. The first kappa shape index (κ1) is 17.2. The summed E-state index contributed by atoms with van der Waals surface area (Å²) >= 11 is 11.4. The maximum atomic E-state index is 13.4. The minimum absolute atomic E-state index is 0.0551. The molecule has 1 N–H and O–H groups in total. The Labute approximate surface area is 142 Å². The van der Waals surface area contributed by atoms with Crippen molar-refractivity contribution in [2.45, 2.75) is 6.92 Å². The van der Waals surface area contributed by atoms with E-state index in [2.05, 4.69) is 5.32 Å². The van der Waals surface area contributed by atoms with Crippen molar-refractivity contribution in [2.24, 2.45) is 0 Å². The zero-order chi connectivity index (χ0) is 17.0. The van der Waals surface area contributed by atoms with Gasteiger partial charge in [0.1, 0.15) is 5.82 Å². The van der Waals surface area contributed by atoms with Crippen LogP contribution in [0.4, 0.5) is 10.1 Å². The molecular weight excluding hydrogens is 344 g/mol. The van der Waals surface area contributed by atoms with Crippen LogP contribution < -0.4 is 5.32 Å². The lowest BCUT2D eigenvalue weighted by Gasteiger charge is -2.08. The third-order valence-electron chi connectivity index (χ3n) is 2.87. The number of halogens is 3. The lowest BCUT2D eigenvalue weighted by molar-refractivity contribution is -0.119. The van der Waals surface area contributed by atoms with Crippen molar-refractivity contribution in [3.05, 3.63) is 63.4 Å². The van der Waals surface area contributed by atoms with E-state index in [-0.39, 0.29) is 15.6 Å². The van der Waals surface area contributed by atoms with Crippen LogP contribution in [0.5, 0.6) is 0 Å². The standard InChI is InChI=1S/C16H12Cl2FNO3/c1-9-3-2-4-10(5-9)20-15(21)8-23-16(22)11-6-14(19)13(18)7-12(11)17/h2-7H,8H2,1H3,(H,20,21). The Morgan fingerprint density at radius 1 is 1.17 bits per heavy atom. The molecule has 1 amide bonds. The van der Waals surface area contributed by atoms with Gasteiger partial charge in [-0.25, -0.2) is 9.18 Å². The molecule has 0 aromatic heterocycles. The number of hydrogen-bond donors (Lipinski definition) is 1. The molecule has 0 unspecified atom stereocenters. The van der Waals surface area contributed by atoms with Crippen molar-refractivity contribution >= 4 is 40.8 Å². The Hall–Kier alpha value is -2.11. The molecule has 4 nitrogen and oxygen atoms in total. The second-order valence-electron chi connectivity index (χ2n) is 4.74. The Kier molecular flexibility index (Phi) is 5.58. The first-order valence-electron chi connectivity index (χ1n) is 6.55. The zero-order valence-electron chi connectivity index (χ0n) is 12.0. The van der Waals surface area contributed by atoms with Gasteiger partial charge in [-0.1, -0.05) is 35.3 Å². The van der Waals surface area contributed by atoms with E-state index < -0.39 is 24.3 Å². The molecule has 0 fully saturated rings. The summed E-state index contributed by atoms with van der Waals surface area (Å²) in [7, 11) is 0. The number of ether oxygens (including phenoxy) is 1. The molecule has 23 heavy (non-hydrogen) atoms. The van der Waals surface area contributed by atoms with Crippen LogP contribution in [0.25, 0.3) is 0 Å². The summed E-state index contributed by atoms with van der Waals surface area (Å²) in [6.45, 7) is 1.36. The second-order valence-corrected chi connectivity index (χ2v) is 5.55. The molecule has 0 saturated heterocycles. The van der Waals surface area contributed by atoms with Gasteiger partial charge in [-0.3, -0.25) is 4.79 Å². The van der Waals surface area contributed by atoms with Crippen LogP contribution in [-0.4, -0.2) is 18.5 Å². The predicted octanol–water partition coefficient (Wildman–Crippen LogP) is 4.24. The van der Waals surface area contributed by atoms with Gasteiger partial charge < -0.3 is 10.1 Å². The highest BCUT2D eigenvalue weighted by molar-refractivity contribution is 6.36. The van der Waals surface area contributed by atoms with Gasteiger partial charge in [-0.15, -0.1) is 0 Å². The van der Waals surface area contributed by atoms with Gasteiger partial charge in [0.2, 0.25) is 0 Å². The molecule has 0 saturated carbocycles. The average Bonchev–Trinajstić information content (AvgIpc) is 2.48. The Balaban J connectivity index is 1.96. The molecule has 0 heterocycles. The van der Waals surface area contributed by atoms with Crippen LogP contribution in [-0.2, 0) is 9.53 Å². The molecular formula is C16H12Cl2FNO3. The summed E-state index contributed by atoms with van der Waals surface area (Å²) in [5.74, 6) is -2.23. The minimum Gasteiger partial charge on any atom is -0.452 e. The lowest BCUT2D eigenvalue weighted by Crippen LogP contribution is -2.21. The molecule has 0 bridgehead atoms. The number of amides is 1. The van der Waals surface area contributed by atoms with E-state index in [0.29, 0.717) is 5.69 Å². The van der Waals surface area contributed by atoms with E-state index >= 15 is 0 Å². The summed E-state index contributed by atoms with van der Waals surface area (Å²) in [5.41, 5.74) is 1.36. The normalized spacial score (nSPS) is 10.3. The highest BCUT2D eigenvalue weighted by Crippen LogP contribution is 2.24. The average molecular weight is 356 g/mol. The number of carbonyl (C=O) groups excluding carboxylic acids is 2. The largest absolute Gasteiger partial charge is 0.452 e. The van der Waals surface area contributed by atoms with Gasteiger partial charge in [0, 0.05) is 5.69 Å². The quantitative estimate of drug-likeness (QED) is 0.659. The van der Waals surface area contributed by atoms with Gasteiger partial charge in [0.15, 0.2) is 6.61 Å². The van der Waals surface area contributed by atoms with Crippen LogP contribution in [0, 0.1) is 12.7 Å². The second kappa shape index (κ2) is 7.44. The molecule has 0 radical (unpaired) electrons. The number of benzene rings is 2. The van der Waals surface area contributed by atoms with Crippen LogP contribution in [0.15, 0.2) is 36.4 Å². The molecule has 0 aliphatic carbocycles. The molecule has 2 aromatic rings. The Morgan fingerprint density at radius 3 is 2.61 bits per heavy atom. The zero-order valence-corrected chi connectivity index (χ0v) is 13.5. The predicted molar refractivity (Wildman–Crippen MR) is 86.5 cm³/mol. The van der Waals surface area contributed by atoms with E-state index in [4.69, 9.17) is 27.9 Å². The number of carbonyl (C=O) groups is 2. The van der Waals surface area contributed by atoms with Crippen molar-refractivity contribution in [2.75, 3.05) is 11.9 Å². The third kappa shape index (κ3) is 4.68. The van der Waals surface area contributed by atoms with Gasteiger partial charge in [-0.05, 0) is 36.8 Å². The molecule has 7 heteroatoms. The summed E-state index contributed by atoms with van der Waals surface area (Å²) in [4.78, 5) is 23.6. The van der Waals surface area contributed by atoms with Gasteiger partial charge in [-0.2, -0.15) is 0 Å². The van der Waals surface area contributed by atoms with Crippen molar-refractivity contribution in [3.8, 4) is 0 Å². The lowest BCUT2D eigenvalue weighted by atomic mass is 10.2. The van der Waals surface area contributed by atoms with Crippen LogP contribution in [0.1, 0.15) is 15.9 Å². The number of hydrogen-bond acceptors (Lipinski definition) is 3. The summed E-state index contributed by atoms with van der Waals surface area (Å²) in [6.07, 6.45) is 0. The fourth-order valence-electron chi connectivity index (χ4n) is 1.81. The maximum Gasteiger partial charge on any atom is 0.340 e. The van der Waals surface area contributed by atoms with Crippen LogP contribution >= 0.6 is 23.2 Å². The number of esters is 1. The number of aryl methyl sites for hydroxylation is 1. The topological polar surface area (TPSA) is 55.4 Å². The first-order chi connectivity index (χ1) is 10.9. The minimum atomic E-state index is -0.912. The van der Waals surface area contributed by atoms with Gasteiger partial charge >= 0.3 is 5.97 Å². The SMILES string of the molecule is Cc1cccc(NC(=O)COC(=O)c2cc(F)c(Cl)cc2Cl)c1. The summed E-state index contributed by atoms with van der Waals surface area (Å²) < 4.78 is 18.2. The maximum absolute atomic E-state index is 13.4. The number of anilines is 1. The van der Waals surface area contributed by atoms with E-state index in [9.17, 15) is 14.0 Å². The molecule has 120 valence electrons. The Morgan fingerprint density at radius 2 is 1.91 bits per heavy atom. The van der Waals surface area contributed by atoms with Gasteiger partial charge in [0.25, 0.3) is 5.91 Å². The van der Waals surface area contributed by atoms with E-state index in [1.165, 1.54) is 0 Å². The van der Waals surface area contributed by atoms with Crippen molar-refractivity contribution in [3.63, 3.8) is 0 Å². The third-order valence-corrected chi connectivity index (χ3v) is 3.47. The molecule has 2 rings (SSSR count). The van der Waals surface area contributed by atoms with Crippen molar-refractivity contribution in [1.29, 1.82) is 0 Å². The monoisotopic (exact) mass is 355 g/mol. The van der Waals surface area contributed by atoms with Crippen molar-refractivity contribution < 1.29 is 18.7 Å². The molecule has 0 atom stereocenters. The Bertz CT molecular complexity index is 765. The molecule has 2 aromatic carbocycles. The smallest absolute Gasteiger partial charge is 0.340 e. The van der Waals surface area contributed by atoms with Gasteiger partial charge in [0.05, 0.1) is 15.6 Å². The van der Waals surface area contributed by atoms with Crippen LogP contribution in [0.2, 0.25) is 10.0 Å². The highest BCUT2D eigenvalue weighted by Gasteiger charge is 2.17. The summed E-state index contributed by atoms with van der Waals surface area (Å²) in [5, 5.41) is 2.32.